The average Bonchev–Trinajstić information content (AvgIpc) is 2.87. The number of ketones is 1. The maximum absolute atomic E-state index is 13.0. The van der Waals surface area contributed by atoms with Crippen LogP contribution in [0.1, 0.15) is 52.4 Å². The van der Waals surface area contributed by atoms with Gasteiger partial charge in [0, 0.05) is 18.5 Å². The smallest absolute Gasteiger partial charge is 0.255 e. The lowest BCUT2D eigenvalue weighted by molar-refractivity contribution is -0.122. The Kier molecular flexibility index (Phi) is 3.79. The summed E-state index contributed by atoms with van der Waals surface area (Å²) in [6.07, 6.45) is 1.32. The minimum absolute atomic E-state index is 0.000505. The zero-order valence-electron chi connectivity index (χ0n) is 14.4. The molecule has 2 aromatic rings. The number of hydrogen-bond acceptors (Lipinski definition) is 2. The molecule has 0 saturated heterocycles. The van der Waals surface area contributed by atoms with E-state index in [-0.39, 0.29) is 23.7 Å². The molecule has 2 unspecified atom stereocenters. The number of carbonyl (C=O) groups is 2. The minimum Gasteiger partial charge on any atom is -0.327 e. The lowest BCUT2D eigenvalue weighted by Gasteiger charge is -2.35. The molecule has 4 rings (SSSR count). The van der Waals surface area contributed by atoms with Gasteiger partial charge in [0.25, 0.3) is 5.91 Å². The Morgan fingerprint density at radius 1 is 1.04 bits per heavy atom. The number of nitrogens with zero attached hydrogens (tertiary/aromatic N) is 1. The standard InChI is InChI=1S/C22H21NO2/c1-14(2)13-23-21(17-9-5-6-10-18(17)22(23)25)20-16-8-4-3-7-15(16)11-12-19(20)24/h3-10,20-21H,1,11-13H2,2H3. The van der Waals surface area contributed by atoms with Gasteiger partial charge in [0.2, 0.25) is 0 Å². The maximum Gasteiger partial charge on any atom is 0.255 e. The van der Waals surface area contributed by atoms with E-state index in [1.807, 2.05) is 54.3 Å². The van der Waals surface area contributed by atoms with E-state index in [0.717, 1.165) is 23.1 Å². The Morgan fingerprint density at radius 3 is 2.48 bits per heavy atom. The SMILES string of the molecule is C=C(C)CN1C(=O)c2ccccc2C1C1C(=O)CCc2ccccc21. The Hall–Kier alpha value is -2.68. The molecule has 0 radical (unpaired) electrons. The van der Waals surface area contributed by atoms with E-state index in [1.165, 1.54) is 5.56 Å². The molecule has 0 saturated carbocycles. The molecular formula is C22H21NO2. The topological polar surface area (TPSA) is 37.4 Å². The summed E-state index contributed by atoms with van der Waals surface area (Å²) < 4.78 is 0. The molecular weight excluding hydrogens is 310 g/mol. The van der Waals surface area contributed by atoms with Crippen LogP contribution in [0.15, 0.2) is 60.7 Å². The number of Topliss-reactive ketones (excluding diaryl/α,β-unsaturated/α-hetero) is 1. The Labute approximate surface area is 148 Å². The van der Waals surface area contributed by atoms with Gasteiger partial charge in [-0.15, -0.1) is 0 Å². The van der Waals surface area contributed by atoms with E-state index in [2.05, 4.69) is 12.6 Å². The zero-order chi connectivity index (χ0) is 17.6. The molecule has 0 spiro atoms. The highest BCUT2D eigenvalue weighted by Gasteiger charge is 2.45. The van der Waals surface area contributed by atoms with Crippen LogP contribution in [0.5, 0.6) is 0 Å². The lowest BCUT2D eigenvalue weighted by Crippen LogP contribution is -2.37. The van der Waals surface area contributed by atoms with Crippen LogP contribution in [0.3, 0.4) is 0 Å². The molecule has 1 aliphatic heterocycles. The van der Waals surface area contributed by atoms with Crippen molar-refractivity contribution in [1.82, 2.24) is 4.90 Å². The largest absolute Gasteiger partial charge is 0.327 e. The zero-order valence-corrected chi connectivity index (χ0v) is 14.4. The van der Waals surface area contributed by atoms with E-state index < -0.39 is 0 Å². The monoisotopic (exact) mass is 331 g/mol. The van der Waals surface area contributed by atoms with Crippen LogP contribution < -0.4 is 0 Å². The van der Waals surface area contributed by atoms with Gasteiger partial charge in [0.05, 0.1) is 12.0 Å². The Balaban J connectivity index is 1.88. The van der Waals surface area contributed by atoms with Gasteiger partial charge in [-0.2, -0.15) is 0 Å². The first kappa shape index (κ1) is 15.8. The first-order valence-corrected chi connectivity index (χ1v) is 8.72. The number of rotatable bonds is 3. The number of aryl methyl sites for hydroxylation is 1. The van der Waals surface area contributed by atoms with Gasteiger partial charge in [-0.3, -0.25) is 9.59 Å². The molecule has 25 heavy (non-hydrogen) atoms. The Morgan fingerprint density at radius 2 is 1.72 bits per heavy atom. The summed E-state index contributed by atoms with van der Waals surface area (Å²) in [5.74, 6) is -0.0729. The fraction of sp³-hybridized carbons (Fsp3) is 0.273. The molecule has 1 heterocycles. The molecule has 2 aliphatic rings. The van der Waals surface area contributed by atoms with Crippen molar-refractivity contribution >= 4 is 11.7 Å². The van der Waals surface area contributed by atoms with Crippen LogP contribution >= 0.6 is 0 Å². The summed E-state index contributed by atoms with van der Waals surface area (Å²) in [6, 6.07) is 15.6. The summed E-state index contributed by atoms with van der Waals surface area (Å²) in [7, 11) is 0. The third kappa shape index (κ3) is 2.51. The summed E-state index contributed by atoms with van der Waals surface area (Å²) in [4.78, 5) is 27.7. The second kappa shape index (κ2) is 5.99. The van der Waals surface area contributed by atoms with Gasteiger partial charge in [0.1, 0.15) is 5.78 Å². The van der Waals surface area contributed by atoms with Gasteiger partial charge >= 0.3 is 0 Å². The van der Waals surface area contributed by atoms with E-state index in [9.17, 15) is 9.59 Å². The second-order valence-corrected chi connectivity index (χ2v) is 7.07. The summed E-state index contributed by atoms with van der Waals surface area (Å²) in [5.41, 5.74) is 4.88. The normalized spacial score (nSPS) is 21.9. The minimum atomic E-state index is -0.295. The van der Waals surface area contributed by atoms with E-state index in [1.54, 1.807) is 0 Å². The van der Waals surface area contributed by atoms with Crippen LogP contribution in [-0.2, 0) is 11.2 Å². The van der Waals surface area contributed by atoms with E-state index in [4.69, 9.17) is 0 Å². The highest BCUT2D eigenvalue weighted by Crippen LogP contribution is 2.46. The maximum atomic E-state index is 13.0. The molecule has 3 heteroatoms. The first-order valence-electron chi connectivity index (χ1n) is 8.72. The summed E-state index contributed by atoms with van der Waals surface area (Å²) in [5, 5.41) is 0. The van der Waals surface area contributed by atoms with Gasteiger partial charge in [-0.1, -0.05) is 54.6 Å². The quantitative estimate of drug-likeness (QED) is 0.796. The molecule has 0 N–H and O–H groups in total. The molecule has 2 atom stereocenters. The molecule has 0 fully saturated rings. The Bertz CT molecular complexity index is 883. The van der Waals surface area contributed by atoms with Crippen molar-refractivity contribution < 1.29 is 9.59 Å². The summed E-state index contributed by atoms with van der Waals surface area (Å²) in [6.45, 7) is 6.38. The first-order chi connectivity index (χ1) is 12.1. The van der Waals surface area contributed by atoms with Crippen molar-refractivity contribution in [2.45, 2.75) is 31.7 Å². The molecule has 0 bridgehead atoms. The van der Waals surface area contributed by atoms with E-state index in [0.29, 0.717) is 18.5 Å². The fourth-order valence-corrected chi connectivity index (χ4v) is 4.22. The van der Waals surface area contributed by atoms with Gasteiger partial charge in [-0.05, 0) is 36.1 Å². The molecule has 1 aliphatic carbocycles. The van der Waals surface area contributed by atoms with Gasteiger partial charge in [-0.25, -0.2) is 0 Å². The number of amides is 1. The molecule has 0 aromatic heterocycles. The summed E-state index contributed by atoms with van der Waals surface area (Å²) >= 11 is 0. The lowest BCUT2D eigenvalue weighted by atomic mass is 9.76. The van der Waals surface area contributed by atoms with Crippen LogP contribution in [0.4, 0.5) is 0 Å². The fourth-order valence-electron chi connectivity index (χ4n) is 4.22. The number of fused-ring (bicyclic) bond motifs is 2. The average molecular weight is 331 g/mol. The highest BCUT2D eigenvalue weighted by molar-refractivity contribution is 6.01. The number of benzene rings is 2. The molecule has 3 nitrogen and oxygen atoms in total. The van der Waals surface area contributed by atoms with Gasteiger partial charge in [0.15, 0.2) is 0 Å². The number of hydrogen-bond donors (Lipinski definition) is 0. The van der Waals surface area contributed by atoms with Crippen molar-refractivity contribution in [3.05, 3.63) is 82.9 Å². The molecule has 1 amide bonds. The van der Waals surface area contributed by atoms with Crippen molar-refractivity contribution in [1.29, 1.82) is 0 Å². The third-order valence-electron chi connectivity index (χ3n) is 5.24. The second-order valence-electron chi connectivity index (χ2n) is 7.07. The molecule has 2 aromatic carbocycles. The number of carbonyl (C=O) groups excluding carboxylic acids is 2. The highest BCUT2D eigenvalue weighted by atomic mass is 16.2. The van der Waals surface area contributed by atoms with Crippen LogP contribution in [0.25, 0.3) is 0 Å². The van der Waals surface area contributed by atoms with Gasteiger partial charge < -0.3 is 4.90 Å². The van der Waals surface area contributed by atoms with E-state index >= 15 is 0 Å². The predicted octanol–water partition coefficient (Wildman–Crippen LogP) is 4.06. The van der Waals surface area contributed by atoms with Crippen molar-refractivity contribution in [2.24, 2.45) is 0 Å². The molecule has 126 valence electrons. The van der Waals surface area contributed by atoms with Crippen LogP contribution in [0.2, 0.25) is 0 Å². The van der Waals surface area contributed by atoms with Crippen molar-refractivity contribution in [3.63, 3.8) is 0 Å². The van der Waals surface area contributed by atoms with Crippen LogP contribution in [0, 0.1) is 0 Å². The van der Waals surface area contributed by atoms with Crippen LogP contribution in [-0.4, -0.2) is 23.1 Å². The van der Waals surface area contributed by atoms with Crippen molar-refractivity contribution in [3.8, 4) is 0 Å². The predicted molar refractivity (Wildman–Crippen MR) is 97.5 cm³/mol. The van der Waals surface area contributed by atoms with Crippen molar-refractivity contribution in [2.75, 3.05) is 6.54 Å². The third-order valence-corrected chi connectivity index (χ3v) is 5.24.